The Balaban J connectivity index is 2.10. The zero-order chi connectivity index (χ0) is 19.6. The number of hydrogen-bond acceptors (Lipinski definition) is 5. The second kappa shape index (κ2) is 7.66. The third-order valence-corrected chi connectivity index (χ3v) is 4.52. The lowest BCUT2D eigenvalue weighted by Gasteiger charge is -2.17. The van der Waals surface area contributed by atoms with Gasteiger partial charge in [0, 0.05) is 17.4 Å². The summed E-state index contributed by atoms with van der Waals surface area (Å²) in [6.45, 7) is 8.20. The molecule has 0 aliphatic rings. The number of hydrogen-bond donors (Lipinski definition) is 1. The lowest BCUT2D eigenvalue weighted by Crippen LogP contribution is -2.03. The second-order valence-corrected chi connectivity index (χ2v) is 6.65. The third-order valence-electron chi connectivity index (χ3n) is 4.52. The van der Waals surface area contributed by atoms with E-state index in [0.717, 1.165) is 22.6 Å². The molecule has 0 unspecified atom stereocenters. The molecule has 3 aromatic rings. The van der Waals surface area contributed by atoms with Crippen molar-refractivity contribution in [2.75, 3.05) is 19.5 Å². The van der Waals surface area contributed by atoms with Crippen LogP contribution in [-0.4, -0.2) is 24.2 Å². The van der Waals surface area contributed by atoms with Crippen LogP contribution >= 0.6 is 0 Å². The normalized spacial score (nSPS) is 10.6. The number of benzene rings is 2. The van der Waals surface area contributed by atoms with Gasteiger partial charge in [0.15, 0.2) is 11.5 Å². The van der Waals surface area contributed by atoms with E-state index in [4.69, 9.17) is 9.47 Å². The first-order valence-electron chi connectivity index (χ1n) is 8.84. The van der Waals surface area contributed by atoms with E-state index in [1.165, 1.54) is 16.7 Å². The zero-order valence-corrected chi connectivity index (χ0v) is 16.7. The summed E-state index contributed by atoms with van der Waals surface area (Å²) in [5.74, 6) is 2.84. The Labute approximate surface area is 160 Å². The van der Waals surface area contributed by atoms with Crippen LogP contribution in [0.15, 0.2) is 36.5 Å². The molecular formula is C22H25N3O2. The fraction of sp³-hybridized carbons (Fsp3) is 0.273. The van der Waals surface area contributed by atoms with Gasteiger partial charge in [-0.1, -0.05) is 23.8 Å². The van der Waals surface area contributed by atoms with Crippen molar-refractivity contribution in [2.45, 2.75) is 27.7 Å². The van der Waals surface area contributed by atoms with Crippen LogP contribution in [0.4, 0.5) is 11.5 Å². The zero-order valence-electron chi connectivity index (χ0n) is 16.7. The van der Waals surface area contributed by atoms with Crippen LogP contribution in [0.25, 0.3) is 11.1 Å². The number of nitrogens with one attached hydrogen (secondary N) is 1. The molecule has 0 bridgehead atoms. The monoisotopic (exact) mass is 363 g/mol. The van der Waals surface area contributed by atoms with E-state index in [1.807, 2.05) is 31.3 Å². The smallest absolute Gasteiger partial charge is 0.161 e. The first-order chi connectivity index (χ1) is 12.9. The molecule has 3 rings (SSSR count). The fourth-order valence-corrected chi connectivity index (χ4v) is 3.28. The number of rotatable bonds is 5. The Hall–Kier alpha value is -3.08. The highest BCUT2D eigenvalue weighted by atomic mass is 16.5. The summed E-state index contributed by atoms with van der Waals surface area (Å²) in [6, 6.07) is 10.1. The average molecular weight is 363 g/mol. The average Bonchev–Trinajstić information content (AvgIpc) is 2.64. The molecule has 0 saturated carbocycles. The molecule has 140 valence electrons. The quantitative estimate of drug-likeness (QED) is 0.680. The lowest BCUT2D eigenvalue weighted by atomic mass is 10.0. The maximum atomic E-state index is 5.45. The van der Waals surface area contributed by atoms with Gasteiger partial charge in [-0.05, 0) is 56.5 Å². The molecular weight excluding hydrogens is 338 g/mol. The molecule has 1 N–H and O–H groups in total. The highest BCUT2D eigenvalue weighted by Gasteiger charge is 2.14. The van der Waals surface area contributed by atoms with Crippen molar-refractivity contribution in [3.63, 3.8) is 0 Å². The van der Waals surface area contributed by atoms with Crippen LogP contribution in [0.3, 0.4) is 0 Å². The molecule has 27 heavy (non-hydrogen) atoms. The van der Waals surface area contributed by atoms with Crippen LogP contribution in [0.1, 0.15) is 22.5 Å². The number of ether oxygens (including phenoxy) is 2. The summed E-state index contributed by atoms with van der Waals surface area (Å²) in [7, 11) is 3.26. The molecule has 0 spiro atoms. The third kappa shape index (κ3) is 3.87. The SMILES string of the molecule is COc1ccc(-c2cnc(C)nc2Nc2c(C)cc(C)cc2C)cc1OC. The van der Waals surface area contributed by atoms with E-state index < -0.39 is 0 Å². The van der Waals surface area contributed by atoms with Gasteiger partial charge >= 0.3 is 0 Å². The number of anilines is 2. The Morgan fingerprint density at radius 2 is 1.52 bits per heavy atom. The predicted octanol–water partition coefficient (Wildman–Crippen LogP) is 5.14. The van der Waals surface area contributed by atoms with Crippen LogP contribution in [0, 0.1) is 27.7 Å². The van der Waals surface area contributed by atoms with Crippen molar-refractivity contribution < 1.29 is 9.47 Å². The minimum atomic E-state index is 0.671. The van der Waals surface area contributed by atoms with E-state index in [9.17, 15) is 0 Å². The minimum absolute atomic E-state index is 0.671. The van der Waals surface area contributed by atoms with Crippen LogP contribution in [0.2, 0.25) is 0 Å². The van der Waals surface area contributed by atoms with E-state index in [2.05, 4.69) is 48.2 Å². The summed E-state index contributed by atoms with van der Waals surface area (Å²) >= 11 is 0. The first-order valence-corrected chi connectivity index (χ1v) is 8.84. The molecule has 0 saturated heterocycles. The Morgan fingerprint density at radius 3 is 2.15 bits per heavy atom. The fourth-order valence-electron chi connectivity index (χ4n) is 3.28. The van der Waals surface area contributed by atoms with Gasteiger partial charge in [0.25, 0.3) is 0 Å². The molecule has 5 nitrogen and oxygen atoms in total. The van der Waals surface area contributed by atoms with E-state index in [-0.39, 0.29) is 0 Å². The first kappa shape index (κ1) is 18.7. The standard InChI is InChI=1S/C22H25N3O2/c1-13-9-14(2)21(15(3)10-13)25-22-18(12-23-16(4)24-22)17-7-8-19(26-5)20(11-17)27-6/h7-12H,1-6H3,(H,23,24,25). The van der Waals surface area contributed by atoms with Gasteiger partial charge in [-0.2, -0.15) is 0 Å². The number of aryl methyl sites for hydroxylation is 4. The molecule has 5 heteroatoms. The van der Waals surface area contributed by atoms with Crippen LogP contribution in [-0.2, 0) is 0 Å². The van der Waals surface area contributed by atoms with Gasteiger partial charge in [-0.15, -0.1) is 0 Å². The van der Waals surface area contributed by atoms with Gasteiger partial charge in [0.2, 0.25) is 0 Å². The van der Waals surface area contributed by atoms with Gasteiger partial charge in [-0.3, -0.25) is 0 Å². The lowest BCUT2D eigenvalue weighted by molar-refractivity contribution is 0.355. The molecule has 0 radical (unpaired) electrons. The Kier molecular flexibility index (Phi) is 5.31. The maximum Gasteiger partial charge on any atom is 0.161 e. The van der Waals surface area contributed by atoms with Crippen molar-refractivity contribution in [2.24, 2.45) is 0 Å². The van der Waals surface area contributed by atoms with Crippen LogP contribution in [0.5, 0.6) is 11.5 Å². The van der Waals surface area contributed by atoms with Gasteiger partial charge in [0.1, 0.15) is 11.6 Å². The van der Waals surface area contributed by atoms with Crippen LogP contribution < -0.4 is 14.8 Å². The Bertz CT molecular complexity index is 960. The summed E-state index contributed by atoms with van der Waals surface area (Å²) in [5.41, 5.74) is 6.54. The number of nitrogens with zero attached hydrogens (tertiary/aromatic N) is 2. The molecule has 0 aliphatic carbocycles. The van der Waals surface area contributed by atoms with E-state index in [0.29, 0.717) is 17.3 Å². The van der Waals surface area contributed by atoms with Gasteiger partial charge in [0.05, 0.1) is 14.2 Å². The minimum Gasteiger partial charge on any atom is -0.493 e. The molecule has 1 heterocycles. The summed E-state index contributed by atoms with van der Waals surface area (Å²) in [6.07, 6.45) is 1.84. The molecule has 1 aromatic heterocycles. The molecule has 0 atom stereocenters. The second-order valence-electron chi connectivity index (χ2n) is 6.65. The van der Waals surface area contributed by atoms with E-state index >= 15 is 0 Å². The van der Waals surface area contributed by atoms with Crippen molar-refractivity contribution in [1.29, 1.82) is 0 Å². The Morgan fingerprint density at radius 1 is 0.852 bits per heavy atom. The van der Waals surface area contributed by atoms with E-state index in [1.54, 1.807) is 14.2 Å². The van der Waals surface area contributed by atoms with Gasteiger partial charge < -0.3 is 14.8 Å². The number of aromatic nitrogens is 2. The molecule has 0 aliphatic heterocycles. The molecule has 0 fully saturated rings. The predicted molar refractivity (Wildman–Crippen MR) is 109 cm³/mol. The number of methoxy groups -OCH3 is 2. The van der Waals surface area contributed by atoms with Crippen molar-refractivity contribution in [1.82, 2.24) is 9.97 Å². The summed E-state index contributed by atoms with van der Waals surface area (Å²) in [5, 5.41) is 3.52. The molecule has 2 aromatic carbocycles. The summed E-state index contributed by atoms with van der Waals surface area (Å²) < 4.78 is 10.8. The highest BCUT2D eigenvalue weighted by Crippen LogP contribution is 2.36. The van der Waals surface area contributed by atoms with Crippen molar-refractivity contribution >= 4 is 11.5 Å². The topological polar surface area (TPSA) is 56.3 Å². The molecule has 0 amide bonds. The largest absolute Gasteiger partial charge is 0.493 e. The maximum absolute atomic E-state index is 5.45. The van der Waals surface area contributed by atoms with Crippen molar-refractivity contribution in [3.8, 4) is 22.6 Å². The summed E-state index contributed by atoms with van der Waals surface area (Å²) in [4.78, 5) is 9.04. The highest BCUT2D eigenvalue weighted by molar-refractivity contribution is 5.80. The van der Waals surface area contributed by atoms with Crippen molar-refractivity contribution in [3.05, 3.63) is 59.0 Å². The van der Waals surface area contributed by atoms with Gasteiger partial charge in [-0.25, -0.2) is 9.97 Å².